The lowest BCUT2D eigenvalue weighted by atomic mass is 10.2. The van der Waals surface area contributed by atoms with Crippen molar-refractivity contribution < 1.29 is 9.21 Å². The van der Waals surface area contributed by atoms with Gasteiger partial charge in [0.25, 0.3) is 0 Å². The summed E-state index contributed by atoms with van der Waals surface area (Å²) >= 11 is 0. The number of aromatic nitrogens is 1. The van der Waals surface area contributed by atoms with Crippen molar-refractivity contribution >= 4 is 11.6 Å². The minimum atomic E-state index is -0.0193. The van der Waals surface area contributed by atoms with Gasteiger partial charge in [0.15, 0.2) is 6.39 Å². The van der Waals surface area contributed by atoms with Gasteiger partial charge in [-0.3, -0.25) is 4.79 Å². The molecular formula is C12H12N2O2. The first-order chi connectivity index (χ1) is 7.84. The predicted octanol–water partition coefficient (Wildman–Crippen LogP) is 2.25. The Bertz CT molecular complexity index is 437. The van der Waals surface area contributed by atoms with Crippen LogP contribution in [-0.4, -0.2) is 10.9 Å². The molecule has 2 rings (SSSR count). The maximum absolute atomic E-state index is 11.5. The highest BCUT2D eigenvalue weighted by Crippen LogP contribution is 2.06. The zero-order valence-corrected chi connectivity index (χ0v) is 8.72. The van der Waals surface area contributed by atoms with Crippen LogP contribution in [0.5, 0.6) is 0 Å². The predicted molar refractivity (Wildman–Crippen MR) is 59.9 cm³/mol. The number of hydrogen-bond acceptors (Lipinski definition) is 3. The molecule has 0 aliphatic heterocycles. The summed E-state index contributed by atoms with van der Waals surface area (Å²) in [7, 11) is 0. The van der Waals surface area contributed by atoms with E-state index in [2.05, 4.69) is 10.3 Å². The molecule has 0 fully saturated rings. The zero-order chi connectivity index (χ0) is 11.2. The number of carbonyl (C=O) groups is 1. The smallest absolute Gasteiger partial charge is 0.224 e. The first-order valence-electron chi connectivity index (χ1n) is 5.06. The summed E-state index contributed by atoms with van der Waals surface area (Å²) in [5.41, 5.74) is 1.61. The number of carbonyl (C=O) groups excluding carboxylic acids is 1. The minimum Gasteiger partial charge on any atom is -0.451 e. The maximum atomic E-state index is 11.5. The van der Waals surface area contributed by atoms with Crippen molar-refractivity contribution in [2.24, 2.45) is 0 Å². The average Bonchev–Trinajstić information content (AvgIpc) is 2.81. The molecule has 4 nitrogen and oxygen atoms in total. The summed E-state index contributed by atoms with van der Waals surface area (Å²) in [5, 5.41) is 2.81. The van der Waals surface area contributed by atoms with E-state index < -0.39 is 0 Å². The Morgan fingerprint density at radius 2 is 2.12 bits per heavy atom. The lowest BCUT2D eigenvalue weighted by Crippen LogP contribution is -2.12. The second-order valence-corrected chi connectivity index (χ2v) is 3.39. The number of benzene rings is 1. The lowest BCUT2D eigenvalue weighted by molar-refractivity contribution is -0.116. The summed E-state index contributed by atoms with van der Waals surface area (Å²) in [4.78, 5) is 15.5. The molecule has 0 saturated heterocycles. The Morgan fingerprint density at radius 3 is 2.81 bits per heavy atom. The van der Waals surface area contributed by atoms with E-state index in [0.29, 0.717) is 12.8 Å². The normalized spacial score (nSPS) is 10.0. The number of hydrogen-bond donors (Lipinski definition) is 1. The molecule has 0 spiro atoms. The molecule has 82 valence electrons. The Kier molecular flexibility index (Phi) is 3.33. The van der Waals surface area contributed by atoms with Crippen LogP contribution in [0.3, 0.4) is 0 Å². The molecule has 1 aromatic heterocycles. The van der Waals surface area contributed by atoms with Gasteiger partial charge in [-0.2, -0.15) is 0 Å². The van der Waals surface area contributed by atoms with E-state index in [0.717, 1.165) is 11.4 Å². The Labute approximate surface area is 93.3 Å². The quantitative estimate of drug-likeness (QED) is 0.852. The average molecular weight is 216 g/mol. The van der Waals surface area contributed by atoms with Crippen LogP contribution < -0.4 is 5.32 Å². The number of oxazole rings is 1. The fourth-order valence-electron chi connectivity index (χ4n) is 1.35. The van der Waals surface area contributed by atoms with Crippen molar-refractivity contribution in [1.29, 1.82) is 0 Å². The van der Waals surface area contributed by atoms with Crippen LogP contribution >= 0.6 is 0 Å². The van der Waals surface area contributed by atoms with E-state index in [1.807, 2.05) is 30.3 Å². The van der Waals surface area contributed by atoms with Crippen molar-refractivity contribution in [1.82, 2.24) is 4.98 Å². The van der Waals surface area contributed by atoms with Crippen molar-refractivity contribution in [2.45, 2.75) is 12.8 Å². The van der Waals surface area contributed by atoms with E-state index in [1.165, 1.54) is 6.39 Å². The SMILES string of the molecule is O=C(CCc1cocn1)Nc1ccccc1. The molecule has 16 heavy (non-hydrogen) atoms. The third kappa shape index (κ3) is 2.95. The molecule has 0 aliphatic carbocycles. The molecule has 1 amide bonds. The third-order valence-corrected chi connectivity index (χ3v) is 2.15. The number of aryl methyl sites for hydroxylation is 1. The van der Waals surface area contributed by atoms with Crippen LogP contribution in [-0.2, 0) is 11.2 Å². The zero-order valence-electron chi connectivity index (χ0n) is 8.72. The van der Waals surface area contributed by atoms with Gasteiger partial charge in [0.1, 0.15) is 6.26 Å². The van der Waals surface area contributed by atoms with Crippen LogP contribution in [0.15, 0.2) is 47.4 Å². The molecule has 0 atom stereocenters. The Balaban J connectivity index is 1.81. The van der Waals surface area contributed by atoms with Crippen molar-refractivity contribution in [3.63, 3.8) is 0 Å². The first-order valence-corrected chi connectivity index (χ1v) is 5.06. The van der Waals surface area contributed by atoms with Crippen molar-refractivity contribution in [3.8, 4) is 0 Å². The van der Waals surface area contributed by atoms with Crippen molar-refractivity contribution in [3.05, 3.63) is 48.7 Å². The fourth-order valence-corrected chi connectivity index (χ4v) is 1.35. The van der Waals surface area contributed by atoms with Crippen LogP contribution in [0, 0.1) is 0 Å². The summed E-state index contributed by atoms with van der Waals surface area (Å²) in [5.74, 6) is -0.0193. The van der Waals surface area contributed by atoms with E-state index in [9.17, 15) is 4.79 Å². The molecule has 1 aromatic carbocycles. The monoisotopic (exact) mass is 216 g/mol. The minimum absolute atomic E-state index is 0.0193. The third-order valence-electron chi connectivity index (χ3n) is 2.15. The highest BCUT2D eigenvalue weighted by Gasteiger charge is 2.04. The molecule has 4 heteroatoms. The molecule has 2 aromatic rings. The van der Waals surface area contributed by atoms with Crippen LogP contribution in [0.2, 0.25) is 0 Å². The van der Waals surface area contributed by atoms with Crippen LogP contribution in [0.4, 0.5) is 5.69 Å². The van der Waals surface area contributed by atoms with E-state index in [4.69, 9.17) is 4.42 Å². The molecule has 1 heterocycles. The largest absolute Gasteiger partial charge is 0.451 e. The highest BCUT2D eigenvalue weighted by molar-refractivity contribution is 5.90. The van der Waals surface area contributed by atoms with Gasteiger partial charge in [0.2, 0.25) is 5.91 Å². The topological polar surface area (TPSA) is 55.1 Å². The summed E-state index contributed by atoms with van der Waals surface area (Å²) in [6.07, 6.45) is 3.91. The van der Waals surface area contributed by atoms with Gasteiger partial charge in [-0.05, 0) is 12.1 Å². The van der Waals surface area contributed by atoms with Crippen molar-refractivity contribution in [2.75, 3.05) is 5.32 Å². The Hall–Kier alpha value is -2.10. The molecular weight excluding hydrogens is 204 g/mol. The number of nitrogens with zero attached hydrogens (tertiary/aromatic N) is 1. The van der Waals surface area contributed by atoms with Gasteiger partial charge in [0.05, 0.1) is 5.69 Å². The summed E-state index contributed by atoms with van der Waals surface area (Å²) < 4.78 is 4.82. The molecule has 0 bridgehead atoms. The maximum Gasteiger partial charge on any atom is 0.224 e. The fraction of sp³-hybridized carbons (Fsp3) is 0.167. The summed E-state index contributed by atoms with van der Waals surface area (Å²) in [6, 6.07) is 9.38. The van der Waals surface area contributed by atoms with Gasteiger partial charge < -0.3 is 9.73 Å². The van der Waals surface area contributed by atoms with Gasteiger partial charge in [0, 0.05) is 18.5 Å². The van der Waals surface area contributed by atoms with E-state index >= 15 is 0 Å². The van der Waals surface area contributed by atoms with E-state index in [1.54, 1.807) is 6.26 Å². The van der Waals surface area contributed by atoms with Crippen LogP contribution in [0.25, 0.3) is 0 Å². The van der Waals surface area contributed by atoms with E-state index in [-0.39, 0.29) is 5.91 Å². The molecule has 0 radical (unpaired) electrons. The highest BCUT2D eigenvalue weighted by atomic mass is 16.3. The van der Waals surface area contributed by atoms with Gasteiger partial charge in [-0.1, -0.05) is 18.2 Å². The molecule has 1 N–H and O–H groups in total. The number of anilines is 1. The second-order valence-electron chi connectivity index (χ2n) is 3.39. The lowest BCUT2D eigenvalue weighted by Gasteiger charge is -2.03. The number of nitrogens with one attached hydrogen (secondary N) is 1. The second kappa shape index (κ2) is 5.11. The molecule has 0 unspecified atom stereocenters. The number of amides is 1. The first kappa shape index (κ1) is 10.4. The van der Waals surface area contributed by atoms with Crippen LogP contribution in [0.1, 0.15) is 12.1 Å². The molecule has 0 aliphatic rings. The number of para-hydroxylation sites is 1. The number of rotatable bonds is 4. The van der Waals surface area contributed by atoms with Gasteiger partial charge in [-0.25, -0.2) is 4.98 Å². The Morgan fingerprint density at radius 1 is 1.31 bits per heavy atom. The molecule has 0 saturated carbocycles. The van der Waals surface area contributed by atoms with Gasteiger partial charge >= 0.3 is 0 Å². The van der Waals surface area contributed by atoms with Gasteiger partial charge in [-0.15, -0.1) is 0 Å². The summed E-state index contributed by atoms with van der Waals surface area (Å²) in [6.45, 7) is 0. The standard InChI is InChI=1S/C12H12N2O2/c15-12(7-6-11-8-16-9-13-11)14-10-4-2-1-3-5-10/h1-5,8-9H,6-7H2,(H,14,15).